The number of anilines is 2. The van der Waals surface area contributed by atoms with Crippen LogP contribution in [0, 0.1) is 71.7 Å². The van der Waals surface area contributed by atoms with Crippen molar-refractivity contribution in [2.75, 3.05) is 24.7 Å². The van der Waals surface area contributed by atoms with Gasteiger partial charge < -0.3 is 62.2 Å². The van der Waals surface area contributed by atoms with Crippen LogP contribution in [-0.2, 0) is 55.1 Å². The van der Waals surface area contributed by atoms with Gasteiger partial charge in [0.05, 0.1) is 146 Å². The van der Waals surface area contributed by atoms with E-state index in [2.05, 4.69) is 44.9 Å². The number of benzene rings is 9. The zero-order valence-corrected chi connectivity index (χ0v) is 91.1. The lowest BCUT2D eigenvalue weighted by Crippen LogP contribution is -2.47. The summed E-state index contributed by atoms with van der Waals surface area (Å²) >= 11 is 41.9. The van der Waals surface area contributed by atoms with E-state index in [9.17, 15) is 63.5 Å². The van der Waals surface area contributed by atoms with Gasteiger partial charge in [-0.3, -0.25) is 44.9 Å². The summed E-state index contributed by atoms with van der Waals surface area (Å²) in [7, 11) is 0. The van der Waals surface area contributed by atoms with Crippen molar-refractivity contribution in [2.45, 2.75) is 210 Å². The first-order valence-electron chi connectivity index (χ1n) is 46.6. The van der Waals surface area contributed by atoms with E-state index in [0.29, 0.717) is 108 Å². The third kappa shape index (κ3) is 27.1. The number of halogens is 11. The molecule has 0 atom stereocenters. The van der Waals surface area contributed by atoms with Crippen LogP contribution in [0.15, 0.2) is 208 Å². The number of nitrogen functional groups attached to an aromatic ring is 2. The molecule has 9 aromatic heterocycles. The fourth-order valence-electron chi connectivity index (χ4n) is 18.6. The average Bonchev–Trinajstić information content (AvgIpc) is 0.745. The molecule has 0 spiro atoms. The minimum absolute atomic E-state index is 0.0100. The molecule has 1 aliphatic heterocycles. The summed E-state index contributed by atoms with van der Waals surface area (Å²) in [6, 6.07) is 41.2. The van der Waals surface area contributed by atoms with Crippen molar-refractivity contribution in [1.29, 1.82) is 0 Å². The van der Waals surface area contributed by atoms with Gasteiger partial charge in [-0.15, -0.1) is 0 Å². The number of ether oxygens (including phenoxy) is 1. The highest BCUT2D eigenvalue weighted by Crippen LogP contribution is 2.45. The van der Waals surface area contributed by atoms with Gasteiger partial charge in [-0.25, -0.2) is 17.6 Å². The lowest BCUT2D eigenvalue weighted by Gasteiger charge is -2.38. The molecular formula is C115H120Cl7F4N11O10. The third-order valence-corrected chi connectivity index (χ3v) is 26.1. The Balaban J connectivity index is 0.000000157. The number of nitrogens with two attached hydrogens (primary N) is 2. The van der Waals surface area contributed by atoms with Gasteiger partial charge in [0.15, 0.2) is 5.82 Å². The minimum Gasteiger partial charge on any atom is -0.397 e. The number of hydrogen-bond acceptors (Lipinski definition) is 21. The number of fused-ring (bicyclic) bond motifs is 9. The van der Waals surface area contributed by atoms with Crippen LogP contribution in [0.4, 0.5) is 28.9 Å². The zero-order chi connectivity index (χ0) is 109. The molecule has 19 rings (SSSR count). The molecule has 0 bridgehead atoms. The Labute approximate surface area is 886 Å². The molecule has 0 saturated carbocycles. The van der Waals surface area contributed by atoms with E-state index < -0.39 is 67.9 Å². The molecule has 32 heteroatoms. The van der Waals surface area contributed by atoms with Gasteiger partial charge in [0.25, 0.3) is 0 Å². The Hall–Kier alpha value is -11.4. The second kappa shape index (κ2) is 45.6. The number of aryl methyl sites for hydroxylation is 7. The highest BCUT2D eigenvalue weighted by Gasteiger charge is 2.42. The molecule has 18 aromatic rings. The molecule has 1 saturated heterocycles. The number of aliphatic hydroxyl groups is 9. The molecule has 13 N–H and O–H groups in total. The standard InChI is InChI=1S/C13H13Cl2NO.3C13H13ClFNO.C13H14ClNO.C13H14FNO.C13H15NO.C12H11ClN2O2.C12H14N2O/c1-7-6-16-10-5-8(14)4-9(15)11(10)12(7)13(2,3)17;1-7-6-16-10-5-8(15)4-9(14)11(10)12(7)13(2,3)17;1-7-6-16-9-5-4-8(15)12(14)10(9)11(7)13(2,3)17;1-7-6-16-9-5-4-8(14)12(15)10(9)11(7)13(2,3)17;1-8-7-15-11-5-4-9(14)6-10(11)12(8)13(2,3)16;1-8-7-15-10-6-4-5-9(14)11(10)12(8)13(2,3)16;1-9-8-14-11-7-5-4-6-10(11)12(9)13(2,3)15;13-7-1-2-10-8(3-7)11(9(14)4-15-10)12(16)5-17-6-12;1-12(2,15)9-5-3-4-8-6-14-7-10(13)11(8)9/h4*4-6,17H,1-3H3;2*4-7,16H,1-3H3;4-8,15H,1-3H3;1-4,16H,5-6,14H2;3-7,15H,13H2,1-2H3. The predicted molar refractivity (Wildman–Crippen MR) is 589 cm³/mol. The summed E-state index contributed by atoms with van der Waals surface area (Å²) in [5, 5.41) is 101. The summed E-state index contributed by atoms with van der Waals surface area (Å²) < 4.78 is 59.7. The van der Waals surface area contributed by atoms with Gasteiger partial charge in [0.2, 0.25) is 0 Å². The molecule has 1 fully saturated rings. The number of hydrogen-bond donors (Lipinski definition) is 11. The average molecular weight is 2140 g/mol. The Bertz CT molecular complexity index is 7750. The van der Waals surface area contributed by atoms with E-state index in [4.69, 9.17) is 97.4 Å². The van der Waals surface area contributed by atoms with Crippen LogP contribution in [0.1, 0.15) is 200 Å². The first-order chi connectivity index (χ1) is 68.1. The first-order valence-corrected chi connectivity index (χ1v) is 49.3. The van der Waals surface area contributed by atoms with Gasteiger partial charge in [0, 0.05) is 130 Å². The van der Waals surface area contributed by atoms with Crippen molar-refractivity contribution in [3.8, 4) is 0 Å². The summed E-state index contributed by atoms with van der Waals surface area (Å²) in [6.45, 7) is 41.0. The van der Waals surface area contributed by atoms with Crippen molar-refractivity contribution in [3.63, 3.8) is 0 Å². The number of para-hydroxylation sites is 1. The molecule has 0 radical (unpaired) electrons. The minimum atomic E-state index is -1.14. The van der Waals surface area contributed by atoms with Crippen molar-refractivity contribution in [3.05, 3.63) is 355 Å². The van der Waals surface area contributed by atoms with E-state index in [1.165, 1.54) is 30.3 Å². The molecule has 147 heavy (non-hydrogen) atoms. The van der Waals surface area contributed by atoms with E-state index in [1.807, 2.05) is 122 Å². The van der Waals surface area contributed by atoms with Crippen LogP contribution in [0.3, 0.4) is 0 Å². The molecule has 10 heterocycles. The normalized spacial score (nSPS) is 12.8. The monoisotopic (exact) mass is 2140 g/mol. The van der Waals surface area contributed by atoms with Crippen LogP contribution in [0.25, 0.3) is 98.0 Å². The zero-order valence-electron chi connectivity index (χ0n) is 85.8. The van der Waals surface area contributed by atoms with E-state index in [-0.39, 0.29) is 34.1 Å². The Kier molecular flexibility index (Phi) is 35.9. The Morgan fingerprint density at radius 2 is 0.673 bits per heavy atom. The van der Waals surface area contributed by atoms with E-state index in [1.54, 1.807) is 214 Å². The molecule has 21 nitrogen and oxygen atoms in total. The van der Waals surface area contributed by atoms with Gasteiger partial charge >= 0.3 is 0 Å². The summed E-state index contributed by atoms with van der Waals surface area (Å²) in [5.74, 6) is -1.80. The van der Waals surface area contributed by atoms with Gasteiger partial charge in [-0.05, 0) is 340 Å². The van der Waals surface area contributed by atoms with Crippen molar-refractivity contribution in [2.24, 2.45) is 0 Å². The lowest BCUT2D eigenvalue weighted by molar-refractivity contribution is -0.183. The van der Waals surface area contributed by atoms with Gasteiger partial charge in [0.1, 0.15) is 23.1 Å². The van der Waals surface area contributed by atoms with Crippen LogP contribution >= 0.6 is 81.2 Å². The second-order valence-electron chi connectivity index (χ2n) is 40.5. The maximum Gasteiger partial charge on any atom is 0.151 e. The number of aromatic nitrogens is 9. The maximum absolute atomic E-state index is 14.1. The van der Waals surface area contributed by atoms with E-state index >= 15 is 0 Å². The third-order valence-electron chi connectivity index (χ3n) is 24.2. The number of nitrogens with zero attached hydrogens (tertiary/aromatic N) is 9. The second-order valence-corrected chi connectivity index (χ2v) is 43.4. The molecule has 0 unspecified atom stereocenters. The topological polar surface area (TPSA) is 359 Å². The summed E-state index contributed by atoms with van der Waals surface area (Å²) in [6.07, 6.45) is 16.8. The van der Waals surface area contributed by atoms with Gasteiger partial charge in [-0.2, -0.15) is 0 Å². The van der Waals surface area contributed by atoms with Crippen LogP contribution in [0.2, 0.25) is 35.2 Å². The van der Waals surface area contributed by atoms with Crippen molar-refractivity contribution in [1.82, 2.24) is 44.9 Å². The van der Waals surface area contributed by atoms with Crippen LogP contribution in [-0.4, -0.2) is 104 Å². The maximum atomic E-state index is 14.1. The lowest BCUT2D eigenvalue weighted by atomic mass is 9.88. The highest BCUT2D eigenvalue weighted by molar-refractivity contribution is 6.39. The summed E-state index contributed by atoms with van der Waals surface area (Å²) in [4.78, 5) is 37.9. The quantitative estimate of drug-likeness (QED) is 0.0598. The van der Waals surface area contributed by atoms with Gasteiger partial charge in [-0.1, -0.05) is 124 Å². The summed E-state index contributed by atoms with van der Waals surface area (Å²) in [5.41, 5.74) is 21.9. The fraction of sp³-hybridized carbons (Fsp3) is 0.296. The predicted octanol–water partition coefficient (Wildman–Crippen LogP) is 27.6. The van der Waals surface area contributed by atoms with E-state index in [0.717, 1.165) is 110 Å². The van der Waals surface area contributed by atoms with Crippen LogP contribution in [0.5, 0.6) is 0 Å². The molecule has 0 aliphatic carbocycles. The Morgan fingerprint density at radius 3 is 1.16 bits per heavy atom. The number of pyridine rings is 9. The number of rotatable bonds is 9. The van der Waals surface area contributed by atoms with Crippen molar-refractivity contribution >= 4 is 191 Å². The van der Waals surface area contributed by atoms with Crippen LogP contribution < -0.4 is 11.5 Å². The SMILES string of the molecule is CC(C)(O)c1cccc2cncc(N)c12.Cc1cnc2cc(Cl)cc(Cl)c2c1C(C)(C)O.Cc1cnc2cc(F)cc(Cl)c2c1C(C)(C)O.Cc1cnc2ccc(Cl)c(F)c2c1C(C)(C)O.Cc1cnc2ccc(Cl)cc2c1C(C)(C)O.Cc1cnc2ccc(F)c(Cl)c2c1C(C)(C)O.Cc1cnc2cccc(F)c2c1C(C)(C)O.Cc1cnc2ccccc2c1C(C)(C)O.Nc1cnc2ccc(Cl)cc2c1C1(O)COC1. The van der Waals surface area contributed by atoms with Crippen molar-refractivity contribution < 1.29 is 68.3 Å². The molecule has 0 amide bonds. The molecule has 772 valence electrons. The smallest absolute Gasteiger partial charge is 0.151 e. The largest absolute Gasteiger partial charge is 0.397 e. The fourth-order valence-corrected chi connectivity index (χ4v) is 20.2. The Morgan fingerprint density at radius 1 is 0.299 bits per heavy atom. The first kappa shape index (κ1) is 116. The molecule has 9 aromatic carbocycles. The highest BCUT2D eigenvalue weighted by atomic mass is 35.5. The molecule has 1 aliphatic rings. The molecular weight excluding hydrogens is 2020 g/mol.